The molecule has 106 valence electrons. The van der Waals surface area contributed by atoms with E-state index in [-0.39, 0.29) is 6.04 Å². The average Bonchev–Trinajstić information content (AvgIpc) is 3.11. The number of imidazole rings is 1. The van der Waals surface area contributed by atoms with Crippen molar-refractivity contribution < 1.29 is 4.74 Å². The largest absolute Gasteiger partial charge is 0.381 e. The van der Waals surface area contributed by atoms with Crippen molar-refractivity contribution in [1.29, 1.82) is 0 Å². The fraction of sp³-hybridized carbons (Fsp3) is 0.357. The van der Waals surface area contributed by atoms with Gasteiger partial charge in [0.25, 0.3) is 0 Å². The Hall–Kier alpha value is -0.880. The standard InChI is InChI=1S/C14H15BrClN3O/c15-11-5-10(1-2-12(11)16)19-8-18-6-13(19)14(17)9-3-4-20-7-9/h1-2,5-6,8-9,14H,3-4,7,17H2. The van der Waals surface area contributed by atoms with E-state index in [1.807, 2.05) is 29.0 Å². The molecule has 0 spiro atoms. The molecule has 6 heteroatoms. The van der Waals surface area contributed by atoms with Gasteiger partial charge in [-0.1, -0.05) is 11.6 Å². The first-order valence-electron chi connectivity index (χ1n) is 6.48. The summed E-state index contributed by atoms with van der Waals surface area (Å²) in [5.41, 5.74) is 8.36. The normalized spacial score (nSPS) is 20.2. The van der Waals surface area contributed by atoms with E-state index >= 15 is 0 Å². The summed E-state index contributed by atoms with van der Waals surface area (Å²) in [6, 6.07) is 5.70. The topological polar surface area (TPSA) is 53.1 Å². The predicted molar refractivity (Wildman–Crippen MR) is 82.1 cm³/mol. The summed E-state index contributed by atoms with van der Waals surface area (Å²) in [6.07, 6.45) is 4.60. The van der Waals surface area contributed by atoms with Crippen LogP contribution < -0.4 is 5.73 Å². The fourth-order valence-corrected chi connectivity index (χ4v) is 2.96. The number of rotatable bonds is 3. The van der Waals surface area contributed by atoms with Crippen molar-refractivity contribution >= 4 is 27.5 Å². The van der Waals surface area contributed by atoms with Gasteiger partial charge in [0.05, 0.1) is 35.9 Å². The highest BCUT2D eigenvalue weighted by Crippen LogP contribution is 2.30. The van der Waals surface area contributed by atoms with Crippen LogP contribution in [-0.2, 0) is 4.74 Å². The molecule has 1 aliphatic rings. The summed E-state index contributed by atoms with van der Waals surface area (Å²) < 4.78 is 8.28. The molecule has 0 bridgehead atoms. The fourth-order valence-electron chi connectivity index (χ4n) is 2.48. The maximum Gasteiger partial charge on any atom is 0.0994 e. The van der Waals surface area contributed by atoms with Crippen LogP contribution in [0, 0.1) is 5.92 Å². The first kappa shape index (κ1) is 14.1. The van der Waals surface area contributed by atoms with E-state index in [0.29, 0.717) is 10.9 Å². The third-order valence-corrected chi connectivity index (χ3v) is 4.88. The molecule has 4 nitrogen and oxygen atoms in total. The number of halogens is 2. The van der Waals surface area contributed by atoms with Crippen molar-refractivity contribution in [2.75, 3.05) is 13.2 Å². The Bertz CT molecular complexity index is 610. The molecular formula is C14H15BrClN3O. The van der Waals surface area contributed by atoms with E-state index in [1.54, 1.807) is 6.33 Å². The molecule has 20 heavy (non-hydrogen) atoms. The summed E-state index contributed by atoms with van der Waals surface area (Å²) in [4.78, 5) is 4.24. The summed E-state index contributed by atoms with van der Waals surface area (Å²) in [6.45, 7) is 1.51. The van der Waals surface area contributed by atoms with Crippen molar-refractivity contribution in [3.63, 3.8) is 0 Å². The van der Waals surface area contributed by atoms with Crippen LogP contribution in [-0.4, -0.2) is 22.8 Å². The van der Waals surface area contributed by atoms with Gasteiger partial charge in [-0.15, -0.1) is 0 Å². The minimum atomic E-state index is -0.0746. The Balaban J connectivity index is 1.94. The quantitative estimate of drug-likeness (QED) is 0.918. The molecule has 0 amide bonds. The summed E-state index contributed by atoms with van der Waals surface area (Å²) in [5, 5.41) is 0.684. The van der Waals surface area contributed by atoms with Crippen molar-refractivity contribution in [3.05, 3.63) is 45.9 Å². The van der Waals surface area contributed by atoms with Crippen LogP contribution in [0.1, 0.15) is 18.2 Å². The predicted octanol–water partition coefficient (Wildman–Crippen LogP) is 3.32. The van der Waals surface area contributed by atoms with Gasteiger partial charge in [0.2, 0.25) is 0 Å². The summed E-state index contributed by atoms with van der Waals surface area (Å²) in [7, 11) is 0. The van der Waals surface area contributed by atoms with Gasteiger partial charge in [-0.2, -0.15) is 0 Å². The van der Waals surface area contributed by atoms with Gasteiger partial charge in [0.15, 0.2) is 0 Å². The lowest BCUT2D eigenvalue weighted by Crippen LogP contribution is -2.24. The molecule has 1 aromatic heterocycles. The van der Waals surface area contributed by atoms with E-state index in [2.05, 4.69) is 20.9 Å². The molecule has 2 aromatic rings. The highest BCUT2D eigenvalue weighted by molar-refractivity contribution is 9.10. The smallest absolute Gasteiger partial charge is 0.0994 e. The Morgan fingerprint density at radius 2 is 2.35 bits per heavy atom. The van der Waals surface area contributed by atoms with Crippen LogP contribution >= 0.6 is 27.5 Å². The molecule has 1 aromatic carbocycles. The third-order valence-electron chi connectivity index (χ3n) is 3.66. The van der Waals surface area contributed by atoms with Gasteiger partial charge in [-0.25, -0.2) is 4.98 Å². The molecule has 3 rings (SSSR count). The van der Waals surface area contributed by atoms with Crippen LogP contribution in [0.5, 0.6) is 0 Å². The molecular weight excluding hydrogens is 342 g/mol. The van der Waals surface area contributed by atoms with E-state index in [4.69, 9.17) is 22.1 Å². The Morgan fingerprint density at radius 3 is 3.05 bits per heavy atom. The van der Waals surface area contributed by atoms with E-state index in [9.17, 15) is 0 Å². The number of aromatic nitrogens is 2. The van der Waals surface area contributed by atoms with Gasteiger partial charge >= 0.3 is 0 Å². The number of hydrogen-bond donors (Lipinski definition) is 1. The highest BCUT2D eigenvalue weighted by atomic mass is 79.9. The molecule has 0 aliphatic carbocycles. The average molecular weight is 357 g/mol. The number of nitrogens with two attached hydrogens (primary N) is 1. The second kappa shape index (κ2) is 5.85. The van der Waals surface area contributed by atoms with Crippen molar-refractivity contribution in [2.45, 2.75) is 12.5 Å². The minimum absolute atomic E-state index is 0.0746. The van der Waals surface area contributed by atoms with E-state index < -0.39 is 0 Å². The van der Waals surface area contributed by atoms with Crippen molar-refractivity contribution in [3.8, 4) is 5.69 Å². The summed E-state index contributed by atoms with van der Waals surface area (Å²) >= 11 is 9.48. The first-order valence-corrected chi connectivity index (χ1v) is 7.65. The molecule has 1 saturated heterocycles. The maximum absolute atomic E-state index is 6.37. The van der Waals surface area contributed by atoms with Gasteiger partial charge < -0.3 is 15.0 Å². The minimum Gasteiger partial charge on any atom is -0.381 e. The first-order chi connectivity index (χ1) is 9.66. The Labute approximate surface area is 131 Å². The molecule has 2 unspecified atom stereocenters. The molecule has 2 N–H and O–H groups in total. The second-order valence-corrected chi connectivity index (χ2v) is 6.20. The zero-order valence-corrected chi connectivity index (χ0v) is 13.1. The van der Waals surface area contributed by atoms with E-state index in [0.717, 1.165) is 35.5 Å². The third kappa shape index (κ3) is 2.63. The monoisotopic (exact) mass is 355 g/mol. The van der Waals surface area contributed by atoms with Crippen LogP contribution in [0.15, 0.2) is 35.2 Å². The van der Waals surface area contributed by atoms with Gasteiger partial charge in [0, 0.05) is 22.7 Å². The molecule has 1 aliphatic heterocycles. The zero-order valence-electron chi connectivity index (χ0n) is 10.8. The number of nitrogens with zero attached hydrogens (tertiary/aromatic N) is 2. The Morgan fingerprint density at radius 1 is 1.50 bits per heavy atom. The van der Waals surface area contributed by atoms with Crippen molar-refractivity contribution in [2.24, 2.45) is 11.7 Å². The summed E-state index contributed by atoms with van der Waals surface area (Å²) in [5.74, 6) is 0.348. The lowest BCUT2D eigenvalue weighted by molar-refractivity contribution is 0.180. The molecule has 0 saturated carbocycles. The lowest BCUT2D eigenvalue weighted by Gasteiger charge is -2.19. The van der Waals surface area contributed by atoms with E-state index in [1.165, 1.54) is 0 Å². The Kier molecular flexibility index (Phi) is 4.12. The molecule has 2 atom stereocenters. The molecule has 2 heterocycles. The zero-order chi connectivity index (χ0) is 14.1. The van der Waals surface area contributed by atoms with Gasteiger partial charge in [0.1, 0.15) is 0 Å². The van der Waals surface area contributed by atoms with Gasteiger partial charge in [-0.3, -0.25) is 0 Å². The number of benzene rings is 1. The van der Waals surface area contributed by atoms with Crippen LogP contribution in [0.25, 0.3) is 5.69 Å². The lowest BCUT2D eigenvalue weighted by atomic mass is 9.97. The van der Waals surface area contributed by atoms with Crippen LogP contribution in [0.2, 0.25) is 5.02 Å². The molecule has 1 fully saturated rings. The number of ether oxygens (including phenoxy) is 1. The molecule has 0 radical (unpaired) electrons. The van der Waals surface area contributed by atoms with Gasteiger partial charge in [-0.05, 0) is 40.5 Å². The highest BCUT2D eigenvalue weighted by Gasteiger charge is 2.26. The maximum atomic E-state index is 6.37. The van der Waals surface area contributed by atoms with Crippen LogP contribution in [0.4, 0.5) is 0 Å². The number of hydrogen-bond acceptors (Lipinski definition) is 3. The van der Waals surface area contributed by atoms with Crippen molar-refractivity contribution in [1.82, 2.24) is 9.55 Å². The van der Waals surface area contributed by atoms with Crippen LogP contribution in [0.3, 0.4) is 0 Å². The second-order valence-electron chi connectivity index (χ2n) is 4.94. The SMILES string of the molecule is NC(c1cncn1-c1ccc(Cl)c(Br)c1)C1CCOC1.